The fourth-order valence-corrected chi connectivity index (χ4v) is 2.98. The standard InChI is InChI=1S/C15H18ClNO3/c1-9(12-4-2-3-5-13(12)16)17-14(18)10-6-7-11(8-10)15(19)20/h2-5,9-11H,6-8H2,1H3,(H,17,18)(H,19,20)/t9?,10-,11+/m1/s1. The number of rotatable bonds is 4. The van der Waals surface area contributed by atoms with Crippen molar-refractivity contribution in [2.24, 2.45) is 11.8 Å². The Bertz CT molecular complexity index is 518. The third-order valence-corrected chi connectivity index (χ3v) is 4.23. The Kier molecular flexibility index (Phi) is 4.65. The van der Waals surface area contributed by atoms with Gasteiger partial charge >= 0.3 is 5.97 Å². The molecule has 1 aliphatic rings. The summed E-state index contributed by atoms with van der Waals surface area (Å²) in [5.41, 5.74) is 0.871. The maximum Gasteiger partial charge on any atom is 0.306 e. The van der Waals surface area contributed by atoms with E-state index in [1.165, 1.54) is 0 Å². The summed E-state index contributed by atoms with van der Waals surface area (Å²) in [5.74, 6) is -1.48. The minimum atomic E-state index is -0.806. The predicted octanol–water partition coefficient (Wildman–Crippen LogP) is 3.02. The van der Waals surface area contributed by atoms with Crippen molar-refractivity contribution in [3.63, 3.8) is 0 Å². The Morgan fingerprint density at radius 1 is 1.30 bits per heavy atom. The number of benzene rings is 1. The Balaban J connectivity index is 1.95. The number of hydrogen-bond donors (Lipinski definition) is 2. The molecule has 2 N–H and O–H groups in total. The van der Waals surface area contributed by atoms with Gasteiger partial charge in [-0.3, -0.25) is 9.59 Å². The fourth-order valence-electron chi connectivity index (χ4n) is 2.68. The van der Waals surface area contributed by atoms with Crippen LogP contribution in [0.25, 0.3) is 0 Å². The summed E-state index contributed by atoms with van der Waals surface area (Å²) in [5, 5.41) is 12.5. The Labute approximate surface area is 123 Å². The molecule has 3 atom stereocenters. The van der Waals surface area contributed by atoms with Crippen LogP contribution in [0.4, 0.5) is 0 Å². The molecule has 108 valence electrons. The average Bonchev–Trinajstić information content (AvgIpc) is 2.88. The van der Waals surface area contributed by atoms with E-state index in [-0.39, 0.29) is 23.8 Å². The maximum atomic E-state index is 12.2. The molecule has 0 aliphatic heterocycles. The summed E-state index contributed by atoms with van der Waals surface area (Å²) in [4.78, 5) is 23.1. The highest BCUT2D eigenvalue weighted by atomic mass is 35.5. The van der Waals surface area contributed by atoms with E-state index < -0.39 is 5.97 Å². The Morgan fingerprint density at radius 2 is 1.95 bits per heavy atom. The molecule has 0 radical (unpaired) electrons. The summed E-state index contributed by atoms with van der Waals surface area (Å²) in [7, 11) is 0. The molecular formula is C15H18ClNO3. The predicted molar refractivity (Wildman–Crippen MR) is 76.5 cm³/mol. The van der Waals surface area contributed by atoms with E-state index in [4.69, 9.17) is 16.7 Å². The number of carboxylic acid groups (broad SMARTS) is 1. The van der Waals surface area contributed by atoms with Crippen molar-refractivity contribution in [2.45, 2.75) is 32.2 Å². The first kappa shape index (κ1) is 14.9. The lowest BCUT2D eigenvalue weighted by atomic mass is 10.0. The number of aliphatic carboxylic acids is 1. The molecule has 1 amide bonds. The Hall–Kier alpha value is -1.55. The van der Waals surface area contributed by atoms with Crippen LogP contribution < -0.4 is 5.32 Å². The first-order chi connectivity index (χ1) is 9.49. The van der Waals surface area contributed by atoms with Crippen molar-refractivity contribution in [3.05, 3.63) is 34.9 Å². The molecule has 1 aromatic rings. The molecule has 0 spiro atoms. The number of amides is 1. The van der Waals surface area contributed by atoms with Gasteiger partial charge in [0.1, 0.15) is 0 Å². The van der Waals surface area contributed by atoms with Gasteiger partial charge < -0.3 is 10.4 Å². The molecule has 0 saturated heterocycles. The Morgan fingerprint density at radius 3 is 2.55 bits per heavy atom. The number of carbonyl (C=O) groups is 2. The molecule has 5 heteroatoms. The topological polar surface area (TPSA) is 66.4 Å². The molecular weight excluding hydrogens is 278 g/mol. The molecule has 0 heterocycles. The van der Waals surface area contributed by atoms with E-state index in [1.54, 1.807) is 6.07 Å². The second-order valence-corrected chi connectivity index (χ2v) is 5.70. The van der Waals surface area contributed by atoms with E-state index in [1.807, 2.05) is 25.1 Å². The SMILES string of the molecule is CC(NC(=O)[C@@H]1CC[C@H](C(=O)O)C1)c1ccccc1Cl. The largest absolute Gasteiger partial charge is 0.481 e. The highest BCUT2D eigenvalue weighted by Crippen LogP contribution is 2.32. The first-order valence-corrected chi connectivity index (χ1v) is 7.14. The molecule has 1 fully saturated rings. The van der Waals surface area contributed by atoms with Gasteiger partial charge in [0.2, 0.25) is 5.91 Å². The van der Waals surface area contributed by atoms with E-state index in [0.717, 1.165) is 5.56 Å². The monoisotopic (exact) mass is 295 g/mol. The fraction of sp³-hybridized carbons (Fsp3) is 0.467. The lowest BCUT2D eigenvalue weighted by Crippen LogP contribution is -2.32. The van der Waals surface area contributed by atoms with Crippen molar-refractivity contribution in [1.29, 1.82) is 0 Å². The van der Waals surface area contributed by atoms with Crippen molar-refractivity contribution in [1.82, 2.24) is 5.32 Å². The van der Waals surface area contributed by atoms with E-state index >= 15 is 0 Å². The molecule has 1 aliphatic carbocycles. The van der Waals surface area contributed by atoms with Crippen molar-refractivity contribution >= 4 is 23.5 Å². The van der Waals surface area contributed by atoms with Crippen LogP contribution in [0, 0.1) is 11.8 Å². The van der Waals surface area contributed by atoms with Crippen LogP contribution in [-0.2, 0) is 9.59 Å². The van der Waals surface area contributed by atoms with Gasteiger partial charge in [-0.1, -0.05) is 29.8 Å². The van der Waals surface area contributed by atoms with Crippen LogP contribution in [0.5, 0.6) is 0 Å². The summed E-state index contributed by atoms with van der Waals surface area (Å²) >= 11 is 6.10. The van der Waals surface area contributed by atoms with Crippen LogP contribution in [0.1, 0.15) is 37.8 Å². The van der Waals surface area contributed by atoms with Gasteiger partial charge in [-0.05, 0) is 37.8 Å². The van der Waals surface area contributed by atoms with Gasteiger partial charge in [0, 0.05) is 10.9 Å². The van der Waals surface area contributed by atoms with Crippen LogP contribution >= 0.6 is 11.6 Å². The minimum absolute atomic E-state index is 0.0823. The van der Waals surface area contributed by atoms with Crippen LogP contribution in [0.3, 0.4) is 0 Å². The number of nitrogens with one attached hydrogen (secondary N) is 1. The smallest absolute Gasteiger partial charge is 0.306 e. The van der Waals surface area contributed by atoms with Gasteiger partial charge in [0.25, 0.3) is 0 Å². The third kappa shape index (κ3) is 3.31. The van der Waals surface area contributed by atoms with Gasteiger partial charge in [-0.25, -0.2) is 0 Å². The summed E-state index contributed by atoms with van der Waals surface area (Å²) in [6, 6.07) is 7.20. The van der Waals surface area contributed by atoms with Crippen molar-refractivity contribution in [3.8, 4) is 0 Å². The molecule has 0 bridgehead atoms. The molecule has 0 aromatic heterocycles. The zero-order valence-corrected chi connectivity index (χ0v) is 12.1. The lowest BCUT2D eigenvalue weighted by Gasteiger charge is -2.18. The second kappa shape index (κ2) is 6.27. The second-order valence-electron chi connectivity index (χ2n) is 5.30. The molecule has 20 heavy (non-hydrogen) atoms. The third-order valence-electron chi connectivity index (χ3n) is 3.88. The summed E-state index contributed by atoms with van der Waals surface area (Å²) in [6.07, 6.45) is 1.64. The van der Waals surface area contributed by atoms with Crippen LogP contribution in [0.2, 0.25) is 5.02 Å². The number of carbonyl (C=O) groups excluding carboxylic acids is 1. The first-order valence-electron chi connectivity index (χ1n) is 6.76. The molecule has 1 unspecified atom stereocenters. The summed E-state index contributed by atoms with van der Waals surface area (Å²) in [6.45, 7) is 1.88. The molecule has 1 aromatic carbocycles. The highest BCUT2D eigenvalue weighted by Gasteiger charge is 2.34. The molecule has 4 nitrogen and oxygen atoms in total. The van der Waals surface area contributed by atoms with Gasteiger partial charge in [-0.2, -0.15) is 0 Å². The number of hydrogen-bond acceptors (Lipinski definition) is 2. The normalized spacial score (nSPS) is 23.3. The average molecular weight is 296 g/mol. The van der Waals surface area contributed by atoms with Crippen LogP contribution in [0.15, 0.2) is 24.3 Å². The van der Waals surface area contributed by atoms with Crippen LogP contribution in [-0.4, -0.2) is 17.0 Å². The number of halogens is 1. The van der Waals surface area contributed by atoms with E-state index in [0.29, 0.717) is 24.3 Å². The quantitative estimate of drug-likeness (QED) is 0.897. The molecule has 1 saturated carbocycles. The van der Waals surface area contributed by atoms with E-state index in [9.17, 15) is 9.59 Å². The van der Waals surface area contributed by atoms with Crippen molar-refractivity contribution in [2.75, 3.05) is 0 Å². The number of carboxylic acids is 1. The van der Waals surface area contributed by atoms with Gasteiger partial charge in [0.15, 0.2) is 0 Å². The highest BCUT2D eigenvalue weighted by molar-refractivity contribution is 6.31. The molecule has 2 rings (SSSR count). The summed E-state index contributed by atoms with van der Waals surface area (Å²) < 4.78 is 0. The maximum absolute atomic E-state index is 12.2. The minimum Gasteiger partial charge on any atom is -0.481 e. The lowest BCUT2D eigenvalue weighted by molar-refractivity contribution is -0.141. The zero-order valence-electron chi connectivity index (χ0n) is 11.3. The van der Waals surface area contributed by atoms with Crippen molar-refractivity contribution < 1.29 is 14.7 Å². The van der Waals surface area contributed by atoms with Gasteiger partial charge in [0.05, 0.1) is 12.0 Å². The van der Waals surface area contributed by atoms with Gasteiger partial charge in [-0.15, -0.1) is 0 Å². The zero-order chi connectivity index (χ0) is 14.7. The van der Waals surface area contributed by atoms with E-state index in [2.05, 4.69) is 5.32 Å².